The summed E-state index contributed by atoms with van der Waals surface area (Å²) in [6, 6.07) is 8.40. The number of aromatic nitrogens is 2. The van der Waals surface area contributed by atoms with Crippen LogP contribution in [-0.4, -0.2) is 23.3 Å². The highest BCUT2D eigenvalue weighted by atomic mass is 35.5. The molecule has 137 valence electrons. The van der Waals surface area contributed by atoms with Crippen LogP contribution in [0.15, 0.2) is 58.3 Å². The molecule has 2 aromatic carbocycles. The van der Waals surface area contributed by atoms with Crippen molar-refractivity contribution >= 4 is 38.2 Å². The molecule has 0 spiro atoms. The molecule has 0 bridgehead atoms. The van der Waals surface area contributed by atoms with Gasteiger partial charge in [0.25, 0.3) is 10.0 Å². The van der Waals surface area contributed by atoms with Crippen LogP contribution in [0.4, 0.5) is 0 Å². The molecule has 4 rings (SSSR count). The van der Waals surface area contributed by atoms with Crippen molar-refractivity contribution in [3.05, 3.63) is 70.0 Å². The van der Waals surface area contributed by atoms with Gasteiger partial charge in [0, 0.05) is 10.9 Å². The summed E-state index contributed by atoms with van der Waals surface area (Å²) in [5.41, 5.74) is 8.19. The Morgan fingerprint density at radius 2 is 1.78 bits per heavy atom. The molecule has 0 fully saturated rings. The van der Waals surface area contributed by atoms with Crippen molar-refractivity contribution in [2.45, 2.75) is 25.7 Å². The number of fused-ring (bicyclic) bond motifs is 1. The number of hydrogen-bond acceptors (Lipinski definition) is 4. The maximum Gasteiger partial charge on any atom is 0.283 e. The van der Waals surface area contributed by atoms with Crippen LogP contribution in [0.1, 0.15) is 23.6 Å². The summed E-state index contributed by atoms with van der Waals surface area (Å²) in [5, 5.41) is 9.44. The second kappa shape index (κ2) is 6.21. The molecule has 0 saturated heterocycles. The average molecular weight is 400 g/mol. The van der Waals surface area contributed by atoms with Gasteiger partial charge in [-0.15, -0.1) is 0 Å². The predicted octanol–water partition coefficient (Wildman–Crippen LogP) is 3.77. The third kappa shape index (κ3) is 2.83. The zero-order valence-corrected chi connectivity index (χ0v) is 16.5. The highest BCUT2D eigenvalue weighted by molar-refractivity contribution is 7.90. The lowest BCUT2D eigenvalue weighted by Gasteiger charge is -2.10. The minimum absolute atomic E-state index is 0.177. The maximum absolute atomic E-state index is 13.1. The van der Waals surface area contributed by atoms with Crippen LogP contribution in [0, 0.1) is 13.8 Å². The van der Waals surface area contributed by atoms with Crippen molar-refractivity contribution in [3.8, 4) is 0 Å². The summed E-state index contributed by atoms with van der Waals surface area (Å²) in [5.74, 6) is 0. The zero-order chi connectivity index (χ0) is 19.3. The van der Waals surface area contributed by atoms with E-state index in [0.29, 0.717) is 27.2 Å². The topological polar surface area (TPSA) is 78.4 Å². The van der Waals surface area contributed by atoms with E-state index in [2.05, 4.69) is 15.6 Å². The molecule has 2 heterocycles. The average Bonchev–Trinajstić information content (AvgIpc) is 3.23. The van der Waals surface area contributed by atoms with Crippen molar-refractivity contribution in [2.75, 3.05) is 0 Å². The highest BCUT2D eigenvalue weighted by Gasteiger charge is 2.25. The quantitative estimate of drug-likeness (QED) is 0.672. The Balaban J connectivity index is 1.97. The number of hydrogen-bond donors (Lipinski definition) is 0. The molecule has 3 aromatic rings. The monoisotopic (exact) mass is 399 g/mol. The molecular formula is C19H16ClN4O2S. The van der Waals surface area contributed by atoms with Gasteiger partial charge in [0.15, 0.2) is 0 Å². The SMILES string of the molecule is CC1=CC(c2c(Cl)c(C)cc3c2cnn3S(=O)(=O)c2ccc(C)cc2)=N[N]1. The molecule has 6 nitrogen and oxygen atoms in total. The lowest BCUT2D eigenvalue weighted by Crippen LogP contribution is -2.14. The first-order valence-corrected chi connectivity index (χ1v) is 10.1. The summed E-state index contributed by atoms with van der Waals surface area (Å²) in [6.45, 7) is 5.56. The highest BCUT2D eigenvalue weighted by Crippen LogP contribution is 2.33. The largest absolute Gasteiger partial charge is 0.283 e. The van der Waals surface area contributed by atoms with Gasteiger partial charge in [-0.05, 0) is 50.6 Å². The minimum Gasteiger partial charge on any atom is -0.199 e. The van der Waals surface area contributed by atoms with E-state index in [9.17, 15) is 8.42 Å². The van der Waals surface area contributed by atoms with Gasteiger partial charge < -0.3 is 0 Å². The van der Waals surface area contributed by atoms with E-state index < -0.39 is 10.0 Å². The summed E-state index contributed by atoms with van der Waals surface area (Å²) in [7, 11) is -3.84. The number of nitrogens with zero attached hydrogens (tertiary/aromatic N) is 4. The third-order valence-corrected chi connectivity index (χ3v) is 6.53. The van der Waals surface area contributed by atoms with Crippen molar-refractivity contribution in [2.24, 2.45) is 5.10 Å². The van der Waals surface area contributed by atoms with E-state index in [1.165, 1.54) is 6.20 Å². The smallest absolute Gasteiger partial charge is 0.199 e. The van der Waals surface area contributed by atoms with E-state index >= 15 is 0 Å². The number of aryl methyl sites for hydroxylation is 2. The van der Waals surface area contributed by atoms with Crippen molar-refractivity contribution in [1.82, 2.24) is 14.6 Å². The molecule has 0 aliphatic carbocycles. The molecule has 0 amide bonds. The Morgan fingerprint density at radius 1 is 1.07 bits per heavy atom. The fourth-order valence-corrected chi connectivity index (χ4v) is 4.53. The summed E-state index contributed by atoms with van der Waals surface area (Å²) < 4.78 is 27.3. The van der Waals surface area contributed by atoms with Gasteiger partial charge in [-0.2, -0.15) is 28.1 Å². The lowest BCUT2D eigenvalue weighted by molar-refractivity contribution is 0.582. The Morgan fingerprint density at radius 3 is 2.41 bits per heavy atom. The Bertz CT molecular complexity index is 1240. The van der Waals surface area contributed by atoms with Crippen LogP contribution in [0.2, 0.25) is 5.02 Å². The molecule has 1 aliphatic rings. The van der Waals surface area contributed by atoms with Crippen LogP contribution < -0.4 is 5.43 Å². The fourth-order valence-electron chi connectivity index (χ4n) is 3.01. The van der Waals surface area contributed by atoms with Crippen molar-refractivity contribution < 1.29 is 8.42 Å². The number of benzene rings is 2. The Kier molecular flexibility index (Phi) is 4.09. The molecule has 0 unspecified atom stereocenters. The van der Waals surface area contributed by atoms with Gasteiger partial charge in [0.05, 0.1) is 33.0 Å². The molecule has 0 saturated carbocycles. The molecule has 1 aromatic heterocycles. The van der Waals surface area contributed by atoms with Gasteiger partial charge in [-0.3, -0.25) is 0 Å². The first kappa shape index (κ1) is 17.8. The van der Waals surface area contributed by atoms with Crippen LogP contribution in [-0.2, 0) is 10.0 Å². The van der Waals surface area contributed by atoms with Crippen LogP contribution >= 0.6 is 11.6 Å². The van der Waals surface area contributed by atoms with Crippen molar-refractivity contribution in [1.29, 1.82) is 0 Å². The fraction of sp³-hybridized carbons (Fsp3) is 0.158. The Hall–Kier alpha value is -2.64. The predicted molar refractivity (Wildman–Crippen MR) is 106 cm³/mol. The van der Waals surface area contributed by atoms with Crippen LogP contribution in [0.3, 0.4) is 0 Å². The number of allylic oxidation sites excluding steroid dienone is 2. The van der Waals surface area contributed by atoms with Gasteiger partial charge >= 0.3 is 0 Å². The van der Waals surface area contributed by atoms with Crippen molar-refractivity contribution in [3.63, 3.8) is 0 Å². The van der Waals surface area contributed by atoms with E-state index in [1.807, 2.05) is 26.8 Å². The van der Waals surface area contributed by atoms with E-state index in [-0.39, 0.29) is 4.90 Å². The van der Waals surface area contributed by atoms with E-state index in [4.69, 9.17) is 11.6 Å². The molecular weight excluding hydrogens is 384 g/mol. The minimum atomic E-state index is -3.84. The summed E-state index contributed by atoms with van der Waals surface area (Å²) in [4.78, 5) is 0.177. The van der Waals surface area contributed by atoms with Gasteiger partial charge in [0.2, 0.25) is 0 Å². The molecule has 0 atom stereocenters. The first-order chi connectivity index (χ1) is 12.8. The standard InChI is InChI=1S/C19H16ClN4O2S/c1-11-4-6-14(7-5-11)27(25,26)24-17-8-12(2)19(20)18(15(17)10-21-24)16-9-13(3)22-23-16/h4-10H,1-3H3. The Labute approximate surface area is 162 Å². The van der Waals surface area contributed by atoms with Crippen LogP contribution in [0.5, 0.6) is 0 Å². The number of rotatable bonds is 3. The lowest BCUT2D eigenvalue weighted by atomic mass is 10.0. The summed E-state index contributed by atoms with van der Waals surface area (Å²) >= 11 is 6.52. The third-order valence-electron chi connectivity index (χ3n) is 4.43. The number of halogens is 1. The second-order valence-electron chi connectivity index (χ2n) is 6.49. The molecule has 1 radical (unpaired) electrons. The van der Waals surface area contributed by atoms with Gasteiger partial charge in [-0.1, -0.05) is 29.3 Å². The van der Waals surface area contributed by atoms with Gasteiger partial charge in [0.1, 0.15) is 0 Å². The summed E-state index contributed by atoms with van der Waals surface area (Å²) in [6.07, 6.45) is 3.32. The first-order valence-electron chi connectivity index (χ1n) is 8.25. The van der Waals surface area contributed by atoms with E-state index in [0.717, 1.165) is 20.9 Å². The molecule has 27 heavy (non-hydrogen) atoms. The van der Waals surface area contributed by atoms with Gasteiger partial charge in [-0.25, -0.2) is 0 Å². The molecule has 8 heteroatoms. The maximum atomic E-state index is 13.1. The normalized spacial score (nSPS) is 14.2. The van der Waals surface area contributed by atoms with Crippen LogP contribution in [0.25, 0.3) is 10.9 Å². The molecule has 0 N–H and O–H groups in total. The van der Waals surface area contributed by atoms with E-state index in [1.54, 1.807) is 30.3 Å². The zero-order valence-electron chi connectivity index (χ0n) is 14.9. The molecule has 1 aliphatic heterocycles. The second-order valence-corrected chi connectivity index (χ2v) is 8.64.